The molecule has 0 unspecified atom stereocenters. The molecular formula is C22H30N8O. The SMILES string of the molecule is CCNC(=O)Nc1ncc(CN2CCC(c3ccc(-n4cccn4)nc3C)CC2)n1C. The van der Waals surface area contributed by atoms with Crippen molar-refractivity contribution in [2.75, 3.05) is 25.0 Å². The van der Waals surface area contributed by atoms with Gasteiger partial charge < -0.3 is 9.88 Å². The molecule has 3 aromatic rings. The third-order valence-corrected chi connectivity index (χ3v) is 5.91. The van der Waals surface area contributed by atoms with Crippen molar-refractivity contribution in [2.24, 2.45) is 7.05 Å². The summed E-state index contributed by atoms with van der Waals surface area (Å²) in [6, 6.07) is 5.94. The van der Waals surface area contributed by atoms with Crippen LogP contribution in [-0.4, -0.2) is 54.9 Å². The number of nitrogens with zero attached hydrogens (tertiary/aromatic N) is 6. The summed E-state index contributed by atoms with van der Waals surface area (Å²) in [5.41, 5.74) is 3.51. The molecule has 4 heterocycles. The van der Waals surface area contributed by atoms with E-state index in [-0.39, 0.29) is 6.03 Å². The highest BCUT2D eigenvalue weighted by Gasteiger charge is 2.23. The van der Waals surface area contributed by atoms with E-state index in [4.69, 9.17) is 4.98 Å². The van der Waals surface area contributed by atoms with Crippen molar-refractivity contribution in [2.45, 2.75) is 39.2 Å². The quantitative estimate of drug-likeness (QED) is 0.637. The number of pyridine rings is 1. The zero-order valence-electron chi connectivity index (χ0n) is 18.4. The Labute approximate surface area is 182 Å². The largest absolute Gasteiger partial charge is 0.338 e. The van der Waals surface area contributed by atoms with E-state index in [9.17, 15) is 4.79 Å². The maximum absolute atomic E-state index is 11.8. The summed E-state index contributed by atoms with van der Waals surface area (Å²) in [5.74, 6) is 1.95. The normalized spacial score (nSPS) is 15.2. The van der Waals surface area contributed by atoms with Gasteiger partial charge in [-0.25, -0.2) is 19.4 Å². The average Bonchev–Trinajstić information content (AvgIpc) is 3.41. The molecule has 0 saturated carbocycles. The Bertz CT molecular complexity index is 1020. The highest BCUT2D eigenvalue weighted by molar-refractivity contribution is 5.87. The highest BCUT2D eigenvalue weighted by Crippen LogP contribution is 2.30. The molecule has 9 heteroatoms. The van der Waals surface area contributed by atoms with Crippen LogP contribution in [0.1, 0.15) is 42.6 Å². The number of carbonyl (C=O) groups is 1. The van der Waals surface area contributed by atoms with Crippen LogP contribution >= 0.6 is 0 Å². The van der Waals surface area contributed by atoms with Crippen molar-refractivity contribution >= 4 is 12.0 Å². The van der Waals surface area contributed by atoms with E-state index in [1.165, 1.54) is 5.56 Å². The number of carbonyl (C=O) groups excluding carboxylic acids is 1. The summed E-state index contributed by atoms with van der Waals surface area (Å²) < 4.78 is 3.74. The zero-order chi connectivity index (χ0) is 21.8. The first-order valence-corrected chi connectivity index (χ1v) is 10.8. The molecule has 2 N–H and O–H groups in total. The van der Waals surface area contributed by atoms with Gasteiger partial charge in [0, 0.05) is 38.2 Å². The Morgan fingerprint density at radius 2 is 2.06 bits per heavy atom. The number of piperidine rings is 1. The lowest BCUT2D eigenvalue weighted by molar-refractivity contribution is 0.200. The van der Waals surface area contributed by atoms with Gasteiger partial charge in [-0.2, -0.15) is 5.10 Å². The fourth-order valence-electron chi connectivity index (χ4n) is 4.17. The smallest absolute Gasteiger partial charge is 0.321 e. The van der Waals surface area contributed by atoms with Crippen LogP contribution in [0.5, 0.6) is 0 Å². The van der Waals surface area contributed by atoms with Crippen LogP contribution in [0.4, 0.5) is 10.7 Å². The van der Waals surface area contributed by atoms with Crippen molar-refractivity contribution in [3.8, 4) is 5.82 Å². The van der Waals surface area contributed by atoms with Gasteiger partial charge in [0.05, 0.1) is 11.9 Å². The van der Waals surface area contributed by atoms with Gasteiger partial charge in [0.25, 0.3) is 0 Å². The Morgan fingerprint density at radius 1 is 1.26 bits per heavy atom. The van der Waals surface area contributed by atoms with Crippen molar-refractivity contribution in [1.29, 1.82) is 0 Å². The summed E-state index contributed by atoms with van der Waals surface area (Å²) in [6.45, 7) is 7.43. The Morgan fingerprint density at radius 3 is 2.74 bits per heavy atom. The number of hydrogen-bond acceptors (Lipinski definition) is 5. The lowest BCUT2D eigenvalue weighted by Gasteiger charge is -2.32. The molecule has 1 aliphatic rings. The second kappa shape index (κ2) is 9.30. The fourth-order valence-corrected chi connectivity index (χ4v) is 4.17. The second-order valence-corrected chi connectivity index (χ2v) is 7.96. The highest BCUT2D eigenvalue weighted by atomic mass is 16.2. The molecule has 4 rings (SSSR count). The number of urea groups is 1. The van der Waals surface area contributed by atoms with Crippen LogP contribution in [0.25, 0.3) is 5.82 Å². The standard InChI is InChI=1S/C22H30N8O/c1-4-23-22(31)27-21-24-14-18(28(21)3)15-29-12-8-17(9-13-29)19-6-7-20(26-16(19)2)30-11-5-10-25-30/h5-7,10-11,14,17H,4,8-9,12-13,15H2,1-3H3,(H2,23,24,27,31). The third-order valence-electron chi connectivity index (χ3n) is 5.91. The number of aryl methyl sites for hydroxylation is 1. The third kappa shape index (κ3) is 4.77. The van der Waals surface area contributed by atoms with Crippen LogP contribution in [0, 0.1) is 6.92 Å². The van der Waals surface area contributed by atoms with Gasteiger partial charge >= 0.3 is 6.03 Å². The fraction of sp³-hybridized carbons (Fsp3) is 0.455. The van der Waals surface area contributed by atoms with Gasteiger partial charge in [0.2, 0.25) is 5.95 Å². The number of nitrogens with one attached hydrogen (secondary N) is 2. The topological polar surface area (TPSA) is 92.9 Å². The van der Waals surface area contributed by atoms with E-state index in [1.54, 1.807) is 10.9 Å². The Balaban J connectivity index is 1.34. The summed E-state index contributed by atoms with van der Waals surface area (Å²) in [4.78, 5) is 23.3. The van der Waals surface area contributed by atoms with Gasteiger partial charge in [-0.15, -0.1) is 0 Å². The number of hydrogen-bond donors (Lipinski definition) is 2. The minimum atomic E-state index is -0.230. The van der Waals surface area contributed by atoms with E-state index in [0.717, 1.165) is 49.7 Å². The van der Waals surface area contributed by atoms with Gasteiger partial charge in [-0.3, -0.25) is 10.2 Å². The predicted molar refractivity (Wildman–Crippen MR) is 119 cm³/mol. The van der Waals surface area contributed by atoms with Crippen molar-refractivity contribution in [1.82, 2.24) is 34.5 Å². The molecule has 0 aromatic carbocycles. The number of likely N-dealkylation sites (tertiary alicyclic amines) is 1. The van der Waals surface area contributed by atoms with Crippen LogP contribution < -0.4 is 10.6 Å². The summed E-state index contributed by atoms with van der Waals surface area (Å²) in [7, 11) is 1.94. The molecule has 31 heavy (non-hydrogen) atoms. The Hall–Kier alpha value is -3.20. The van der Waals surface area contributed by atoms with Gasteiger partial charge in [0.1, 0.15) is 0 Å². The summed E-state index contributed by atoms with van der Waals surface area (Å²) in [6.07, 6.45) is 7.73. The molecule has 9 nitrogen and oxygen atoms in total. The van der Waals surface area contributed by atoms with Crippen LogP contribution in [0.3, 0.4) is 0 Å². The van der Waals surface area contributed by atoms with Gasteiger partial charge in [0.15, 0.2) is 5.82 Å². The van der Waals surface area contributed by atoms with Crippen LogP contribution in [-0.2, 0) is 13.6 Å². The first-order valence-electron chi connectivity index (χ1n) is 10.8. The molecule has 0 aliphatic carbocycles. The number of anilines is 1. The molecule has 164 valence electrons. The zero-order valence-corrected chi connectivity index (χ0v) is 18.4. The van der Waals surface area contributed by atoms with Crippen molar-refractivity contribution in [3.63, 3.8) is 0 Å². The van der Waals surface area contributed by atoms with E-state index in [0.29, 0.717) is 18.4 Å². The molecule has 1 fully saturated rings. The minimum absolute atomic E-state index is 0.230. The summed E-state index contributed by atoms with van der Waals surface area (Å²) in [5, 5.41) is 9.78. The number of imidazole rings is 1. The molecule has 0 bridgehead atoms. The average molecular weight is 423 g/mol. The lowest BCUT2D eigenvalue weighted by Crippen LogP contribution is -2.33. The van der Waals surface area contributed by atoms with Crippen molar-refractivity contribution < 1.29 is 4.79 Å². The molecule has 2 amide bonds. The van der Waals surface area contributed by atoms with E-state index < -0.39 is 0 Å². The van der Waals surface area contributed by atoms with Crippen LogP contribution in [0.15, 0.2) is 36.8 Å². The minimum Gasteiger partial charge on any atom is -0.338 e. The summed E-state index contributed by atoms with van der Waals surface area (Å²) >= 11 is 0. The molecule has 0 radical (unpaired) electrons. The first kappa shape index (κ1) is 21.0. The van der Waals surface area contributed by atoms with Crippen LogP contribution in [0.2, 0.25) is 0 Å². The molecular weight excluding hydrogens is 392 g/mol. The van der Waals surface area contributed by atoms with Gasteiger partial charge in [-0.1, -0.05) is 6.07 Å². The predicted octanol–water partition coefficient (Wildman–Crippen LogP) is 2.83. The Kier molecular flexibility index (Phi) is 6.31. The molecule has 0 spiro atoms. The number of rotatable bonds is 6. The van der Waals surface area contributed by atoms with E-state index in [1.807, 2.05) is 37.0 Å². The van der Waals surface area contributed by atoms with Gasteiger partial charge in [-0.05, 0) is 63.4 Å². The lowest BCUT2D eigenvalue weighted by atomic mass is 9.88. The molecule has 1 saturated heterocycles. The van der Waals surface area contributed by atoms with Crippen molar-refractivity contribution in [3.05, 3.63) is 53.7 Å². The second-order valence-electron chi connectivity index (χ2n) is 7.96. The number of aromatic nitrogens is 5. The number of amides is 2. The first-order chi connectivity index (χ1) is 15.0. The monoisotopic (exact) mass is 422 g/mol. The molecule has 0 atom stereocenters. The van der Waals surface area contributed by atoms with E-state index in [2.05, 4.69) is 44.7 Å². The molecule has 3 aromatic heterocycles. The maximum Gasteiger partial charge on any atom is 0.321 e. The van der Waals surface area contributed by atoms with E-state index >= 15 is 0 Å². The molecule has 1 aliphatic heterocycles. The maximum atomic E-state index is 11.8.